The number of anilines is 1. The molecule has 1 amide bonds. The molecule has 1 aliphatic rings. The molecule has 31 heavy (non-hydrogen) atoms. The largest absolute Gasteiger partial charge is 0.353 e. The number of hydrogen-bond acceptors (Lipinski definition) is 5. The summed E-state index contributed by atoms with van der Waals surface area (Å²) in [4.78, 5) is 26.3. The van der Waals surface area contributed by atoms with Gasteiger partial charge in [-0.3, -0.25) is 4.79 Å². The third-order valence-electron chi connectivity index (χ3n) is 5.85. The van der Waals surface area contributed by atoms with Crippen molar-refractivity contribution in [3.8, 4) is 0 Å². The Bertz CT molecular complexity index is 1210. The van der Waals surface area contributed by atoms with Gasteiger partial charge in [0, 0.05) is 37.1 Å². The van der Waals surface area contributed by atoms with Gasteiger partial charge >= 0.3 is 0 Å². The molecule has 0 N–H and O–H groups in total. The molecule has 3 heterocycles. The van der Waals surface area contributed by atoms with Crippen LogP contribution in [0.1, 0.15) is 21.5 Å². The Labute approximate surface area is 181 Å². The average molecular weight is 412 g/mol. The molecule has 2 aromatic carbocycles. The second-order valence-corrected chi connectivity index (χ2v) is 7.84. The number of carbonyl (C=O) groups is 1. The minimum Gasteiger partial charge on any atom is -0.353 e. The lowest BCUT2D eigenvalue weighted by Gasteiger charge is -2.36. The Hall–Kier alpha value is -3.74. The Morgan fingerprint density at radius 2 is 1.77 bits per heavy atom. The zero-order valence-corrected chi connectivity index (χ0v) is 17.5. The highest BCUT2D eigenvalue weighted by Crippen LogP contribution is 2.24. The summed E-state index contributed by atoms with van der Waals surface area (Å²) in [6, 6.07) is 18.1. The number of nitrogens with zero attached hydrogens (tertiary/aromatic N) is 6. The van der Waals surface area contributed by atoms with Crippen LogP contribution in [0.3, 0.4) is 0 Å². The second-order valence-electron chi connectivity index (χ2n) is 7.84. The second kappa shape index (κ2) is 8.18. The van der Waals surface area contributed by atoms with Gasteiger partial charge < -0.3 is 9.80 Å². The number of aromatic nitrogens is 4. The fraction of sp³-hybridized carbons (Fsp3) is 0.250. The molecule has 1 saturated heterocycles. The number of benzene rings is 2. The molecule has 0 bridgehead atoms. The molecular formula is C24H24N6O. The van der Waals surface area contributed by atoms with Crippen molar-refractivity contribution in [1.29, 1.82) is 0 Å². The Morgan fingerprint density at radius 1 is 1.00 bits per heavy atom. The number of piperazine rings is 1. The number of pyridine rings is 1. The molecule has 7 heteroatoms. The average Bonchev–Trinajstić information content (AvgIpc) is 3.32. The lowest BCUT2D eigenvalue weighted by Crippen LogP contribution is -2.49. The number of carbonyl (C=O) groups excluding carboxylic acids is 1. The summed E-state index contributed by atoms with van der Waals surface area (Å²) in [7, 11) is 0. The molecule has 0 spiro atoms. The fourth-order valence-electron chi connectivity index (χ4n) is 4.16. The lowest BCUT2D eigenvalue weighted by molar-refractivity contribution is 0.0745. The van der Waals surface area contributed by atoms with Crippen LogP contribution in [0.15, 0.2) is 67.3 Å². The predicted molar refractivity (Wildman–Crippen MR) is 120 cm³/mol. The molecule has 0 atom stereocenters. The first-order valence-corrected chi connectivity index (χ1v) is 10.5. The number of para-hydroxylation sites is 1. The molecule has 5 rings (SSSR count). The number of aryl methyl sites for hydroxylation is 1. The summed E-state index contributed by atoms with van der Waals surface area (Å²) in [6.45, 7) is 5.53. The van der Waals surface area contributed by atoms with Gasteiger partial charge in [-0.15, -0.1) is 0 Å². The van der Waals surface area contributed by atoms with Gasteiger partial charge in [-0.1, -0.05) is 36.4 Å². The van der Waals surface area contributed by atoms with Crippen LogP contribution in [0, 0.1) is 6.92 Å². The molecular weight excluding hydrogens is 388 g/mol. The van der Waals surface area contributed by atoms with E-state index in [1.165, 1.54) is 17.3 Å². The van der Waals surface area contributed by atoms with Crippen molar-refractivity contribution in [2.24, 2.45) is 0 Å². The maximum absolute atomic E-state index is 13.3. The normalized spacial score (nSPS) is 14.2. The summed E-state index contributed by atoms with van der Waals surface area (Å²) in [5.41, 5.74) is 3.91. The lowest BCUT2D eigenvalue weighted by atomic mass is 10.1. The van der Waals surface area contributed by atoms with E-state index in [-0.39, 0.29) is 5.91 Å². The van der Waals surface area contributed by atoms with Crippen molar-refractivity contribution in [1.82, 2.24) is 24.6 Å². The summed E-state index contributed by atoms with van der Waals surface area (Å²) >= 11 is 0. The first-order chi connectivity index (χ1) is 15.2. The Balaban J connectivity index is 1.31. The Kier molecular flexibility index (Phi) is 5.08. The monoisotopic (exact) mass is 412 g/mol. The van der Waals surface area contributed by atoms with Crippen LogP contribution in [0.2, 0.25) is 0 Å². The van der Waals surface area contributed by atoms with Gasteiger partial charge in [-0.2, -0.15) is 5.10 Å². The smallest absolute Gasteiger partial charge is 0.254 e. The molecule has 0 aliphatic carbocycles. The SMILES string of the molecule is Cc1cc(N2CCN(C(=O)c3ccccc3Cn3cncn3)CC2)nc2ccccc12. The Morgan fingerprint density at radius 3 is 2.58 bits per heavy atom. The molecule has 0 unspecified atom stereocenters. The number of rotatable bonds is 4. The van der Waals surface area contributed by atoms with Crippen LogP contribution in [-0.2, 0) is 6.54 Å². The highest BCUT2D eigenvalue weighted by Gasteiger charge is 2.24. The van der Waals surface area contributed by atoms with Crippen molar-refractivity contribution in [3.05, 3.63) is 83.9 Å². The number of fused-ring (bicyclic) bond motifs is 1. The van der Waals surface area contributed by atoms with Crippen molar-refractivity contribution in [2.75, 3.05) is 31.1 Å². The topological polar surface area (TPSA) is 67.2 Å². The molecule has 4 aromatic rings. The standard InChI is InChI=1S/C24H24N6O/c1-18-14-23(27-22-9-5-4-7-20(18)22)28-10-12-29(13-11-28)24(31)21-8-3-2-6-19(21)15-30-17-25-16-26-30/h2-9,14,16-17H,10-13,15H2,1H3. The van der Waals surface area contributed by atoms with Crippen LogP contribution in [0.25, 0.3) is 10.9 Å². The van der Waals surface area contributed by atoms with E-state index < -0.39 is 0 Å². The third kappa shape index (κ3) is 3.86. The highest BCUT2D eigenvalue weighted by atomic mass is 16.2. The van der Waals surface area contributed by atoms with Crippen molar-refractivity contribution >= 4 is 22.6 Å². The molecule has 0 saturated carbocycles. The van der Waals surface area contributed by atoms with Crippen molar-refractivity contribution in [3.63, 3.8) is 0 Å². The van der Waals surface area contributed by atoms with Gasteiger partial charge in [0.25, 0.3) is 5.91 Å². The zero-order chi connectivity index (χ0) is 21.2. The molecule has 0 radical (unpaired) electrons. The van der Waals surface area contributed by atoms with Gasteiger partial charge in [0.1, 0.15) is 18.5 Å². The van der Waals surface area contributed by atoms with E-state index in [9.17, 15) is 4.79 Å². The van der Waals surface area contributed by atoms with Crippen LogP contribution in [0.5, 0.6) is 0 Å². The van der Waals surface area contributed by atoms with E-state index >= 15 is 0 Å². The number of amides is 1. The maximum atomic E-state index is 13.3. The number of hydrogen-bond donors (Lipinski definition) is 0. The fourth-order valence-corrected chi connectivity index (χ4v) is 4.16. The summed E-state index contributed by atoms with van der Waals surface area (Å²) in [5, 5.41) is 5.35. The first kappa shape index (κ1) is 19.2. The predicted octanol–water partition coefficient (Wildman–Crippen LogP) is 3.15. The van der Waals surface area contributed by atoms with Gasteiger partial charge in [0.15, 0.2) is 0 Å². The van der Waals surface area contributed by atoms with E-state index in [1.807, 2.05) is 41.3 Å². The van der Waals surface area contributed by atoms with Gasteiger partial charge in [0.05, 0.1) is 12.1 Å². The summed E-state index contributed by atoms with van der Waals surface area (Å²) < 4.78 is 1.73. The van der Waals surface area contributed by atoms with Crippen LogP contribution >= 0.6 is 0 Å². The molecule has 2 aromatic heterocycles. The van der Waals surface area contributed by atoms with Gasteiger partial charge in [-0.25, -0.2) is 14.6 Å². The molecule has 156 valence electrons. The van der Waals surface area contributed by atoms with Crippen LogP contribution < -0.4 is 4.90 Å². The van der Waals surface area contributed by atoms with Crippen molar-refractivity contribution in [2.45, 2.75) is 13.5 Å². The quantitative estimate of drug-likeness (QED) is 0.515. The van der Waals surface area contributed by atoms with Gasteiger partial charge in [0.2, 0.25) is 0 Å². The zero-order valence-electron chi connectivity index (χ0n) is 17.5. The van der Waals surface area contributed by atoms with E-state index in [4.69, 9.17) is 4.98 Å². The highest BCUT2D eigenvalue weighted by molar-refractivity contribution is 5.96. The van der Waals surface area contributed by atoms with Crippen LogP contribution in [0.4, 0.5) is 5.82 Å². The van der Waals surface area contributed by atoms with E-state index in [0.717, 1.165) is 35.6 Å². The van der Waals surface area contributed by atoms with E-state index in [0.29, 0.717) is 19.6 Å². The minimum absolute atomic E-state index is 0.0676. The third-order valence-corrected chi connectivity index (χ3v) is 5.85. The molecule has 1 fully saturated rings. The van der Waals surface area contributed by atoms with E-state index in [1.54, 1.807) is 11.0 Å². The maximum Gasteiger partial charge on any atom is 0.254 e. The minimum atomic E-state index is 0.0676. The summed E-state index contributed by atoms with van der Waals surface area (Å²) in [6.07, 6.45) is 3.17. The molecule has 7 nitrogen and oxygen atoms in total. The van der Waals surface area contributed by atoms with E-state index in [2.05, 4.69) is 40.1 Å². The summed E-state index contributed by atoms with van der Waals surface area (Å²) in [5.74, 6) is 1.05. The first-order valence-electron chi connectivity index (χ1n) is 10.5. The molecule has 1 aliphatic heterocycles. The van der Waals surface area contributed by atoms with Crippen LogP contribution in [-0.4, -0.2) is 56.7 Å². The van der Waals surface area contributed by atoms with Gasteiger partial charge in [-0.05, 0) is 36.2 Å². The van der Waals surface area contributed by atoms with Crippen molar-refractivity contribution < 1.29 is 4.79 Å².